The van der Waals surface area contributed by atoms with Gasteiger partial charge in [0.15, 0.2) is 6.10 Å². The highest BCUT2D eigenvalue weighted by atomic mass is 16.6. The molecular weight excluding hydrogens is 270 g/mol. The summed E-state index contributed by atoms with van der Waals surface area (Å²) >= 11 is 0. The van der Waals surface area contributed by atoms with Crippen LogP contribution in [0.5, 0.6) is 5.75 Å². The van der Waals surface area contributed by atoms with Gasteiger partial charge in [-0.1, -0.05) is 24.3 Å². The van der Waals surface area contributed by atoms with Crippen molar-refractivity contribution in [1.82, 2.24) is 5.32 Å². The summed E-state index contributed by atoms with van der Waals surface area (Å²) in [5, 5.41) is 2.57. The largest absolute Gasteiger partial charge is 0.488 e. The van der Waals surface area contributed by atoms with Crippen molar-refractivity contribution in [1.29, 1.82) is 0 Å². The zero-order chi connectivity index (χ0) is 15.2. The highest BCUT2D eigenvalue weighted by Crippen LogP contribution is 2.26. The molecule has 0 aliphatic carbocycles. The van der Waals surface area contributed by atoms with Crippen LogP contribution in [0.3, 0.4) is 0 Å². The number of hydrogen-bond acceptors (Lipinski definition) is 4. The molecule has 1 heterocycles. The van der Waals surface area contributed by atoms with E-state index in [0.29, 0.717) is 12.1 Å². The Labute approximate surface area is 123 Å². The Morgan fingerprint density at radius 2 is 2.24 bits per heavy atom. The number of rotatable bonds is 5. The van der Waals surface area contributed by atoms with E-state index in [1.807, 2.05) is 24.3 Å². The third-order valence-corrected chi connectivity index (χ3v) is 2.97. The first kappa shape index (κ1) is 14.8. The summed E-state index contributed by atoms with van der Waals surface area (Å²) in [6, 6.07) is 7.40. The molecule has 1 N–H and O–H groups in total. The zero-order valence-corrected chi connectivity index (χ0v) is 11.8. The van der Waals surface area contributed by atoms with Gasteiger partial charge in [0.2, 0.25) is 0 Å². The number of amides is 1. The highest BCUT2D eigenvalue weighted by Gasteiger charge is 2.22. The van der Waals surface area contributed by atoms with Crippen molar-refractivity contribution in [2.45, 2.75) is 13.0 Å². The number of para-hydroxylation sites is 1. The lowest BCUT2D eigenvalue weighted by Crippen LogP contribution is -2.36. The number of nitrogens with one attached hydrogen (secondary N) is 1. The minimum absolute atomic E-state index is 0.136. The minimum atomic E-state index is -0.865. The maximum atomic E-state index is 12.0. The molecule has 0 radical (unpaired) electrons. The number of hydrogen-bond donors (Lipinski definition) is 1. The van der Waals surface area contributed by atoms with Gasteiger partial charge in [0, 0.05) is 12.1 Å². The topological polar surface area (TPSA) is 64.6 Å². The van der Waals surface area contributed by atoms with Gasteiger partial charge in [-0.2, -0.15) is 0 Å². The van der Waals surface area contributed by atoms with Crippen LogP contribution in [0.2, 0.25) is 0 Å². The van der Waals surface area contributed by atoms with E-state index in [2.05, 4.69) is 11.9 Å². The van der Waals surface area contributed by atoms with Gasteiger partial charge in [-0.25, -0.2) is 4.79 Å². The van der Waals surface area contributed by atoms with E-state index in [-0.39, 0.29) is 12.5 Å². The monoisotopic (exact) mass is 287 g/mol. The van der Waals surface area contributed by atoms with Crippen LogP contribution in [0.25, 0.3) is 6.08 Å². The number of benzene rings is 1. The average molecular weight is 287 g/mol. The molecule has 1 aromatic rings. The molecule has 5 nitrogen and oxygen atoms in total. The predicted octanol–water partition coefficient (Wildman–Crippen LogP) is 1.70. The molecule has 0 saturated carbocycles. The van der Waals surface area contributed by atoms with E-state index in [1.54, 1.807) is 12.2 Å². The van der Waals surface area contributed by atoms with Crippen molar-refractivity contribution in [3.8, 4) is 5.75 Å². The number of carbonyl (C=O) groups is 2. The molecule has 1 aliphatic heterocycles. The second kappa shape index (κ2) is 6.74. The summed E-state index contributed by atoms with van der Waals surface area (Å²) < 4.78 is 10.6. The highest BCUT2D eigenvalue weighted by molar-refractivity contribution is 5.96. The van der Waals surface area contributed by atoms with E-state index in [0.717, 1.165) is 11.3 Å². The fourth-order valence-corrected chi connectivity index (χ4v) is 1.84. The summed E-state index contributed by atoms with van der Waals surface area (Å²) in [5.74, 6) is -0.183. The van der Waals surface area contributed by atoms with Crippen molar-refractivity contribution in [3.05, 3.63) is 48.1 Å². The molecule has 0 aromatic heterocycles. The van der Waals surface area contributed by atoms with E-state index >= 15 is 0 Å². The van der Waals surface area contributed by atoms with Crippen LogP contribution in [-0.2, 0) is 14.3 Å². The molecule has 1 atom stereocenters. The van der Waals surface area contributed by atoms with Gasteiger partial charge in [0.25, 0.3) is 5.91 Å². The zero-order valence-electron chi connectivity index (χ0n) is 11.8. The molecule has 1 aromatic carbocycles. The molecule has 0 spiro atoms. The normalized spacial score (nSPS) is 14.0. The quantitative estimate of drug-likeness (QED) is 0.661. The first-order valence-electron chi connectivity index (χ1n) is 6.64. The molecule has 1 aliphatic rings. The van der Waals surface area contributed by atoms with Crippen molar-refractivity contribution in [2.24, 2.45) is 0 Å². The maximum Gasteiger partial charge on any atom is 0.338 e. The molecule has 0 bridgehead atoms. The van der Waals surface area contributed by atoms with E-state index in [1.165, 1.54) is 6.92 Å². The molecule has 0 fully saturated rings. The first-order valence-corrected chi connectivity index (χ1v) is 6.64. The van der Waals surface area contributed by atoms with Crippen LogP contribution in [0.15, 0.2) is 42.5 Å². The number of esters is 1. The molecule has 5 heteroatoms. The Morgan fingerprint density at radius 3 is 3.00 bits per heavy atom. The Bertz CT molecular complexity index is 592. The van der Waals surface area contributed by atoms with Gasteiger partial charge in [-0.3, -0.25) is 4.79 Å². The van der Waals surface area contributed by atoms with Gasteiger partial charge < -0.3 is 14.8 Å². The smallest absolute Gasteiger partial charge is 0.338 e. The average Bonchev–Trinajstić information content (AvgIpc) is 2.51. The second-order valence-electron chi connectivity index (χ2n) is 4.58. The van der Waals surface area contributed by atoms with Crippen LogP contribution in [0.4, 0.5) is 0 Å². The fourth-order valence-electron chi connectivity index (χ4n) is 1.84. The SMILES string of the molecule is C=CCNC(=O)C(C)OC(=O)C1=Cc2ccccc2OC1. The van der Waals surface area contributed by atoms with Crippen LogP contribution < -0.4 is 10.1 Å². The third-order valence-electron chi connectivity index (χ3n) is 2.97. The minimum Gasteiger partial charge on any atom is -0.488 e. The van der Waals surface area contributed by atoms with Gasteiger partial charge in [0.1, 0.15) is 12.4 Å². The molecule has 1 amide bonds. The molecular formula is C16H17NO4. The summed E-state index contributed by atoms with van der Waals surface area (Å²) in [5.41, 5.74) is 1.21. The number of carbonyl (C=O) groups excluding carboxylic acids is 2. The predicted molar refractivity (Wildman–Crippen MR) is 78.7 cm³/mol. The van der Waals surface area contributed by atoms with Gasteiger partial charge >= 0.3 is 5.97 Å². The Kier molecular flexibility index (Phi) is 4.77. The van der Waals surface area contributed by atoms with E-state index in [9.17, 15) is 9.59 Å². The van der Waals surface area contributed by atoms with Crippen molar-refractivity contribution in [2.75, 3.05) is 13.2 Å². The second-order valence-corrected chi connectivity index (χ2v) is 4.58. The van der Waals surface area contributed by atoms with Gasteiger partial charge in [-0.15, -0.1) is 6.58 Å². The summed E-state index contributed by atoms with van der Waals surface area (Å²) in [6.07, 6.45) is 2.41. The number of fused-ring (bicyclic) bond motifs is 1. The van der Waals surface area contributed by atoms with Crippen LogP contribution in [-0.4, -0.2) is 31.1 Å². The molecule has 0 saturated heterocycles. The van der Waals surface area contributed by atoms with Crippen LogP contribution >= 0.6 is 0 Å². The van der Waals surface area contributed by atoms with Crippen LogP contribution in [0, 0.1) is 0 Å². The Morgan fingerprint density at radius 1 is 1.48 bits per heavy atom. The third kappa shape index (κ3) is 3.72. The Hall–Kier alpha value is -2.56. The number of ether oxygens (including phenoxy) is 2. The summed E-state index contributed by atoms with van der Waals surface area (Å²) in [6.45, 7) is 5.49. The lowest BCUT2D eigenvalue weighted by atomic mass is 10.1. The molecule has 110 valence electrons. The van der Waals surface area contributed by atoms with Gasteiger partial charge in [0.05, 0.1) is 5.57 Å². The molecule has 2 rings (SSSR count). The van der Waals surface area contributed by atoms with Crippen molar-refractivity contribution < 1.29 is 19.1 Å². The van der Waals surface area contributed by atoms with Gasteiger partial charge in [-0.05, 0) is 19.1 Å². The lowest BCUT2D eigenvalue weighted by molar-refractivity contribution is -0.151. The lowest BCUT2D eigenvalue weighted by Gasteiger charge is -2.18. The molecule has 21 heavy (non-hydrogen) atoms. The fraction of sp³-hybridized carbons (Fsp3) is 0.250. The Balaban J connectivity index is 2.00. The van der Waals surface area contributed by atoms with Crippen molar-refractivity contribution >= 4 is 18.0 Å². The summed E-state index contributed by atoms with van der Waals surface area (Å²) in [7, 11) is 0. The standard InChI is InChI=1S/C16H17NO4/c1-3-8-17-15(18)11(2)21-16(19)13-9-12-6-4-5-7-14(12)20-10-13/h3-7,9,11H,1,8,10H2,2H3,(H,17,18). The van der Waals surface area contributed by atoms with E-state index in [4.69, 9.17) is 9.47 Å². The van der Waals surface area contributed by atoms with Crippen molar-refractivity contribution in [3.63, 3.8) is 0 Å². The maximum absolute atomic E-state index is 12.0. The van der Waals surface area contributed by atoms with Crippen LogP contribution in [0.1, 0.15) is 12.5 Å². The first-order chi connectivity index (χ1) is 10.1. The molecule has 1 unspecified atom stereocenters. The van der Waals surface area contributed by atoms with E-state index < -0.39 is 12.1 Å². The summed E-state index contributed by atoms with van der Waals surface area (Å²) in [4.78, 5) is 23.7.